The highest BCUT2D eigenvalue weighted by molar-refractivity contribution is 6.13. The fraction of sp³-hybridized carbons (Fsp3) is 0.364. The van der Waals surface area contributed by atoms with Crippen molar-refractivity contribution >= 4 is 13.7 Å². The number of rotatable bonds is 4. The van der Waals surface area contributed by atoms with Crippen LogP contribution in [0.15, 0.2) is 30.3 Å². The third kappa shape index (κ3) is 8.02. The van der Waals surface area contributed by atoms with Crippen molar-refractivity contribution in [2.75, 3.05) is 6.61 Å². The summed E-state index contributed by atoms with van der Waals surface area (Å²) in [5.74, 6) is -0.119. The summed E-state index contributed by atoms with van der Waals surface area (Å²) < 4.78 is 4.82. The van der Waals surface area contributed by atoms with Gasteiger partial charge in [0.05, 0.1) is 6.61 Å². The minimum atomic E-state index is -0.750. The maximum atomic E-state index is 11.0. The molecule has 1 aromatic rings. The van der Waals surface area contributed by atoms with Gasteiger partial charge in [-0.2, -0.15) is 0 Å². The highest BCUT2D eigenvalue weighted by atomic mass is 16.5. The number of ether oxygens (including phenoxy) is 1. The van der Waals surface area contributed by atoms with E-state index in [1.807, 2.05) is 37.3 Å². The third-order valence-corrected chi connectivity index (χ3v) is 1.77. The van der Waals surface area contributed by atoms with Crippen molar-refractivity contribution in [3.8, 4) is 0 Å². The zero-order valence-corrected chi connectivity index (χ0v) is 9.43. The van der Waals surface area contributed by atoms with Gasteiger partial charge in [0.15, 0.2) is 0 Å². The smallest absolute Gasteiger partial charge is 0.432 e. The zero-order valence-electron chi connectivity index (χ0n) is 9.43. The number of hydrogen-bond donors (Lipinski definition) is 2. The number of carbonyl (C=O) groups excluding carboxylic acids is 1. The quantitative estimate of drug-likeness (QED) is 0.574. The van der Waals surface area contributed by atoms with Gasteiger partial charge in [-0.05, 0) is 18.9 Å². The second kappa shape index (κ2) is 10.2. The molecular formula is C11H17BO4. The monoisotopic (exact) mass is 224 g/mol. The topological polar surface area (TPSA) is 66.8 Å². The molecule has 1 rings (SSSR count). The SMILES string of the molecule is CCOC(=O)CCc1ccccc1.OBO. The molecule has 1 aromatic carbocycles. The van der Waals surface area contributed by atoms with Crippen LogP contribution in [0.5, 0.6) is 0 Å². The Kier molecular flexibility index (Phi) is 9.36. The Hall–Kier alpha value is -1.33. The molecule has 5 heteroatoms. The molecule has 0 saturated heterocycles. The standard InChI is InChI=1S/C11H14O2.BH3O2/c1-2-13-11(12)9-8-10-6-4-3-5-7-10;2-1-3/h3-7H,2,8-9H2,1H3;1-3H. The van der Waals surface area contributed by atoms with Crippen LogP contribution in [0, 0.1) is 0 Å². The fourth-order valence-electron chi connectivity index (χ4n) is 1.12. The van der Waals surface area contributed by atoms with Crippen LogP contribution in [-0.4, -0.2) is 30.3 Å². The van der Waals surface area contributed by atoms with Crippen molar-refractivity contribution < 1.29 is 19.6 Å². The first kappa shape index (κ1) is 14.7. The predicted octanol–water partition coefficient (Wildman–Crippen LogP) is 0.420. The van der Waals surface area contributed by atoms with E-state index in [0.29, 0.717) is 13.0 Å². The minimum Gasteiger partial charge on any atom is -0.466 e. The number of benzene rings is 1. The molecule has 16 heavy (non-hydrogen) atoms. The Morgan fingerprint density at radius 2 is 1.88 bits per heavy atom. The van der Waals surface area contributed by atoms with Gasteiger partial charge in [0.25, 0.3) is 0 Å². The molecule has 0 bridgehead atoms. The van der Waals surface area contributed by atoms with Crippen LogP contribution in [0.25, 0.3) is 0 Å². The summed E-state index contributed by atoms with van der Waals surface area (Å²) in [5.41, 5.74) is 1.18. The van der Waals surface area contributed by atoms with Crippen molar-refractivity contribution in [2.45, 2.75) is 19.8 Å². The van der Waals surface area contributed by atoms with Gasteiger partial charge in [0.1, 0.15) is 0 Å². The van der Waals surface area contributed by atoms with Crippen molar-refractivity contribution in [3.05, 3.63) is 35.9 Å². The Labute approximate surface area is 96.2 Å². The fourth-order valence-corrected chi connectivity index (χ4v) is 1.12. The molecule has 0 aromatic heterocycles. The molecule has 0 heterocycles. The molecule has 0 aliphatic carbocycles. The summed E-state index contributed by atoms with van der Waals surface area (Å²) in [5, 5.41) is 14.2. The summed E-state index contributed by atoms with van der Waals surface area (Å²) in [4.78, 5) is 11.0. The minimum absolute atomic E-state index is 0.119. The maximum Gasteiger partial charge on any atom is 0.432 e. The predicted molar refractivity (Wildman–Crippen MR) is 63.0 cm³/mol. The molecule has 0 radical (unpaired) electrons. The first-order valence-electron chi connectivity index (χ1n) is 5.15. The van der Waals surface area contributed by atoms with Gasteiger partial charge < -0.3 is 14.8 Å². The highest BCUT2D eigenvalue weighted by Crippen LogP contribution is 2.02. The van der Waals surface area contributed by atoms with Gasteiger partial charge in [-0.3, -0.25) is 4.79 Å². The number of aryl methyl sites for hydroxylation is 1. The van der Waals surface area contributed by atoms with Crippen LogP contribution in [0.4, 0.5) is 0 Å². The molecule has 0 fully saturated rings. The van der Waals surface area contributed by atoms with E-state index in [1.165, 1.54) is 5.56 Å². The van der Waals surface area contributed by atoms with Crippen LogP contribution >= 0.6 is 0 Å². The Morgan fingerprint density at radius 1 is 1.31 bits per heavy atom. The van der Waals surface area contributed by atoms with Gasteiger partial charge in [-0.25, -0.2) is 0 Å². The van der Waals surface area contributed by atoms with Crippen LogP contribution in [0.2, 0.25) is 0 Å². The van der Waals surface area contributed by atoms with Crippen molar-refractivity contribution in [3.63, 3.8) is 0 Å². The van der Waals surface area contributed by atoms with E-state index in [0.717, 1.165) is 6.42 Å². The Morgan fingerprint density at radius 3 is 2.38 bits per heavy atom. The molecule has 0 amide bonds. The zero-order chi connectivity index (χ0) is 12.2. The lowest BCUT2D eigenvalue weighted by molar-refractivity contribution is -0.143. The first-order valence-corrected chi connectivity index (χ1v) is 5.15. The van der Waals surface area contributed by atoms with E-state index in [1.54, 1.807) is 0 Å². The average Bonchev–Trinajstić information content (AvgIpc) is 2.29. The number of hydrogen-bond acceptors (Lipinski definition) is 4. The molecule has 0 atom stereocenters. The van der Waals surface area contributed by atoms with Gasteiger partial charge >= 0.3 is 13.7 Å². The lowest BCUT2D eigenvalue weighted by atomic mass is 10.1. The maximum absolute atomic E-state index is 11.0. The molecule has 0 saturated carbocycles. The van der Waals surface area contributed by atoms with Gasteiger partial charge in [0, 0.05) is 6.42 Å². The second-order valence-corrected chi connectivity index (χ2v) is 2.93. The average molecular weight is 224 g/mol. The molecule has 0 spiro atoms. The first-order chi connectivity index (χ1) is 7.74. The lowest BCUT2D eigenvalue weighted by Gasteiger charge is -2.01. The van der Waals surface area contributed by atoms with Crippen LogP contribution in [0.3, 0.4) is 0 Å². The van der Waals surface area contributed by atoms with Gasteiger partial charge in [-0.1, -0.05) is 30.3 Å². The Balaban J connectivity index is 0.000000673. The van der Waals surface area contributed by atoms with Crippen LogP contribution < -0.4 is 0 Å². The summed E-state index contributed by atoms with van der Waals surface area (Å²) in [6, 6.07) is 9.94. The number of esters is 1. The van der Waals surface area contributed by atoms with E-state index in [-0.39, 0.29) is 5.97 Å². The van der Waals surface area contributed by atoms with Crippen LogP contribution in [0.1, 0.15) is 18.9 Å². The Bertz CT molecular complexity index is 277. The summed E-state index contributed by atoms with van der Waals surface area (Å²) >= 11 is 0. The molecule has 4 nitrogen and oxygen atoms in total. The van der Waals surface area contributed by atoms with Crippen molar-refractivity contribution in [1.29, 1.82) is 0 Å². The molecule has 88 valence electrons. The molecule has 0 aliphatic heterocycles. The van der Waals surface area contributed by atoms with Crippen molar-refractivity contribution in [1.82, 2.24) is 0 Å². The normalized spacial score (nSPS) is 8.69. The van der Waals surface area contributed by atoms with E-state index in [2.05, 4.69) is 0 Å². The largest absolute Gasteiger partial charge is 0.466 e. The van der Waals surface area contributed by atoms with Crippen LogP contribution in [-0.2, 0) is 16.0 Å². The van der Waals surface area contributed by atoms with E-state index >= 15 is 0 Å². The lowest BCUT2D eigenvalue weighted by Crippen LogP contribution is -2.04. The summed E-state index contributed by atoms with van der Waals surface area (Å²) in [7, 11) is -0.750. The molecule has 2 N–H and O–H groups in total. The van der Waals surface area contributed by atoms with Gasteiger partial charge in [-0.15, -0.1) is 0 Å². The molecular weight excluding hydrogens is 207 g/mol. The van der Waals surface area contributed by atoms with E-state index in [9.17, 15) is 4.79 Å². The number of carbonyl (C=O) groups is 1. The third-order valence-electron chi connectivity index (χ3n) is 1.77. The van der Waals surface area contributed by atoms with E-state index in [4.69, 9.17) is 14.8 Å². The summed E-state index contributed by atoms with van der Waals surface area (Å²) in [6.45, 7) is 2.29. The molecule has 0 unspecified atom stereocenters. The van der Waals surface area contributed by atoms with Crippen molar-refractivity contribution in [2.24, 2.45) is 0 Å². The van der Waals surface area contributed by atoms with E-state index < -0.39 is 7.69 Å². The molecule has 0 aliphatic rings. The highest BCUT2D eigenvalue weighted by Gasteiger charge is 2.01. The summed E-state index contributed by atoms with van der Waals surface area (Å²) in [6.07, 6.45) is 1.23. The van der Waals surface area contributed by atoms with Gasteiger partial charge in [0.2, 0.25) is 0 Å². The second-order valence-electron chi connectivity index (χ2n) is 2.93.